The molecule has 0 bridgehead atoms. The van der Waals surface area contributed by atoms with Crippen LogP contribution in [0.2, 0.25) is 0 Å². The highest BCUT2D eigenvalue weighted by Crippen LogP contribution is 2.26. The molecular formula is C13H12N4O4. The zero-order valence-electron chi connectivity index (χ0n) is 11.2. The number of imide groups is 1. The molecule has 2 aromatic rings. The largest absolute Gasteiger partial charge is 0.478 e. The van der Waals surface area contributed by atoms with Crippen molar-refractivity contribution in [3.63, 3.8) is 0 Å². The zero-order chi connectivity index (χ0) is 15.1. The molecule has 3 rings (SSSR count). The first-order chi connectivity index (χ1) is 10.0. The summed E-state index contributed by atoms with van der Waals surface area (Å²) in [5.41, 5.74) is 0.736. The third kappa shape index (κ3) is 1.95. The Bertz CT molecular complexity index is 767. The average molecular weight is 288 g/mol. The molecule has 0 spiro atoms. The van der Waals surface area contributed by atoms with Crippen LogP contribution in [0.5, 0.6) is 0 Å². The summed E-state index contributed by atoms with van der Waals surface area (Å²) < 4.78 is 1.40. The van der Waals surface area contributed by atoms with E-state index in [2.05, 4.69) is 10.3 Å². The molecule has 1 unspecified atom stereocenters. The van der Waals surface area contributed by atoms with Crippen LogP contribution >= 0.6 is 0 Å². The van der Waals surface area contributed by atoms with Gasteiger partial charge in [-0.25, -0.2) is 9.48 Å². The minimum atomic E-state index is -1.10. The quantitative estimate of drug-likeness (QED) is 0.804. The smallest absolute Gasteiger partial charge is 0.338 e. The number of hydrogen-bond acceptors (Lipinski definition) is 5. The molecule has 2 heterocycles. The lowest BCUT2D eigenvalue weighted by Gasteiger charge is -2.27. The normalized spacial score (nSPS) is 19.3. The SMILES string of the molecule is CN1C(=O)CCC(n2nnc3c(C(=O)O)cccc32)C1=O. The van der Waals surface area contributed by atoms with Crippen molar-refractivity contribution in [2.24, 2.45) is 0 Å². The highest BCUT2D eigenvalue weighted by atomic mass is 16.4. The zero-order valence-corrected chi connectivity index (χ0v) is 11.2. The number of amides is 2. The standard InChI is InChI=1S/C13H12N4O4/c1-16-10(18)6-5-9(12(16)19)17-8-4-2-3-7(13(20)21)11(8)14-15-17/h2-4,9H,5-6H2,1H3,(H,20,21). The van der Waals surface area contributed by atoms with Crippen molar-refractivity contribution in [1.82, 2.24) is 19.9 Å². The van der Waals surface area contributed by atoms with E-state index in [0.717, 1.165) is 4.90 Å². The molecule has 8 heteroatoms. The van der Waals surface area contributed by atoms with Gasteiger partial charge in [0.15, 0.2) is 0 Å². The molecule has 1 fully saturated rings. The summed E-state index contributed by atoms with van der Waals surface area (Å²) in [5, 5.41) is 16.9. The monoisotopic (exact) mass is 288 g/mol. The number of carboxylic acid groups (broad SMARTS) is 1. The maximum atomic E-state index is 12.2. The first kappa shape index (κ1) is 13.2. The summed E-state index contributed by atoms with van der Waals surface area (Å²) in [5.74, 6) is -1.69. The van der Waals surface area contributed by atoms with Gasteiger partial charge in [0.1, 0.15) is 11.6 Å². The van der Waals surface area contributed by atoms with Crippen molar-refractivity contribution in [1.29, 1.82) is 0 Å². The van der Waals surface area contributed by atoms with Crippen LogP contribution in [0.15, 0.2) is 18.2 Å². The lowest BCUT2D eigenvalue weighted by atomic mass is 10.0. The van der Waals surface area contributed by atoms with Gasteiger partial charge in [0.2, 0.25) is 5.91 Å². The summed E-state index contributed by atoms with van der Waals surface area (Å²) in [4.78, 5) is 35.9. The number of rotatable bonds is 2. The van der Waals surface area contributed by atoms with Gasteiger partial charge in [0.05, 0.1) is 11.1 Å². The highest BCUT2D eigenvalue weighted by Gasteiger charge is 2.34. The van der Waals surface area contributed by atoms with Gasteiger partial charge in [-0.1, -0.05) is 11.3 Å². The highest BCUT2D eigenvalue weighted by molar-refractivity contribution is 6.02. The molecule has 108 valence electrons. The van der Waals surface area contributed by atoms with Gasteiger partial charge in [0.25, 0.3) is 5.91 Å². The van der Waals surface area contributed by atoms with E-state index in [9.17, 15) is 14.4 Å². The van der Waals surface area contributed by atoms with Crippen LogP contribution < -0.4 is 0 Å². The van der Waals surface area contributed by atoms with Gasteiger partial charge < -0.3 is 5.11 Å². The van der Waals surface area contributed by atoms with E-state index < -0.39 is 12.0 Å². The molecule has 1 saturated heterocycles. The Morgan fingerprint density at radius 3 is 2.86 bits per heavy atom. The molecule has 0 aliphatic carbocycles. The number of carbonyl (C=O) groups excluding carboxylic acids is 2. The van der Waals surface area contributed by atoms with E-state index >= 15 is 0 Å². The first-order valence-electron chi connectivity index (χ1n) is 6.38. The van der Waals surface area contributed by atoms with Crippen molar-refractivity contribution in [3.05, 3.63) is 23.8 Å². The molecule has 0 saturated carbocycles. The van der Waals surface area contributed by atoms with Crippen LogP contribution in [0, 0.1) is 0 Å². The molecule has 1 aliphatic heterocycles. The van der Waals surface area contributed by atoms with Gasteiger partial charge in [-0.3, -0.25) is 14.5 Å². The summed E-state index contributed by atoms with van der Waals surface area (Å²) in [7, 11) is 1.43. The topological polar surface area (TPSA) is 105 Å². The third-order valence-electron chi connectivity index (χ3n) is 3.65. The third-order valence-corrected chi connectivity index (χ3v) is 3.65. The number of aromatic nitrogens is 3. The second-order valence-electron chi connectivity index (χ2n) is 4.86. The molecule has 1 atom stereocenters. The Morgan fingerprint density at radius 2 is 2.14 bits per heavy atom. The van der Waals surface area contributed by atoms with Gasteiger partial charge >= 0.3 is 5.97 Å². The molecule has 2 amide bonds. The minimum absolute atomic E-state index is 0.0337. The van der Waals surface area contributed by atoms with Crippen molar-refractivity contribution in [2.75, 3.05) is 7.05 Å². The van der Waals surface area contributed by atoms with Crippen LogP contribution in [-0.2, 0) is 9.59 Å². The Hall–Kier alpha value is -2.77. The number of carboxylic acids is 1. The molecule has 1 aliphatic rings. The van der Waals surface area contributed by atoms with Crippen LogP contribution in [-0.4, -0.2) is 49.8 Å². The Labute approximate surface area is 118 Å². The van der Waals surface area contributed by atoms with Crippen LogP contribution in [0.4, 0.5) is 0 Å². The number of fused-ring (bicyclic) bond motifs is 1. The Balaban J connectivity index is 2.10. The number of likely N-dealkylation sites (tertiary alicyclic amines) is 1. The number of piperidine rings is 1. The number of likely N-dealkylation sites (N-methyl/N-ethyl adjacent to an activating group) is 1. The van der Waals surface area contributed by atoms with E-state index in [4.69, 9.17) is 5.11 Å². The number of nitrogens with zero attached hydrogens (tertiary/aromatic N) is 4. The van der Waals surface area contributed by atoms with E-state index in [1.54, 1.807) is 12.1 Å². The van der Waals surface area contributed by atoms with E-state index in [1.807, 2.05) is 0 Å². The molecule has 1 N–H and O–H groups in total. The molecule has 0 radical (unpaired) electrons. The van der Waals surface area contributed by atoms with Crippen molar-refractivity contribution in [3.8, 4) is 0 Å². The summed E-state index contributed by atoms with van der Waals surface area (Å²) >= 11 is 0. The van der Waals surface area contributed by atoms with Gasteiger partial charge in [-0.15, -0.1) is 5.10 Å². The molecule has 1 aromatic heterocycles. The number of aromatic carboxylic acids is 1. The summed E-state index contributed by atoms with van der Waals surface area (Å²) in [6, 6.07) is 4.03. The maximum absolute atomic E-state index is 12.2. The van der Waals surface area contributed by atoms with Gasteiger partial charge in [-0.05, 0) is 18.6 Å². The lowest BCUT2D eigenvalue weighted by Crippen LogP contribution is -2.43. The number of carbonyl (C=O) groups is 3. The predicted octanol–water partition coefficient (Wildman–Crippen LogP) is 0.449. The van der Waals surface area contributed by atoms with Gasteiger partial charge in [-0.2, -0.15) is 0 Å². The van der Waals surface area contributed by atoms with Crippen molar-refractivity contribution < 1.29 is 19.5 Å². The molecule has 1 aromatic carbocycles. The van der Waals surface area contributed by atoms with E-state index in [0.29, 0.717) is 11.9 Å². The van der Waals surface area contributed by atoms with Crippen molar-refractivity contribution >= 4 is 28.8 Å². The second-order valence-corrected chi connectivity index (χ2v) is 4.86. The molecule has 8 nitrogen and oxygen atoms in total. The fourth-order valence-corrected chi connectivity index (χ4v) is 2.49. The van der Waals surface area contributed by atoms with Crippen molar-refractivity contribution in [2.45, 2.75) is 18.9 Å². The predicted molar refractivity (Wildman–Crippen MR) is 70.5 cm³/mol. The fourth-order valence-electron chi connectivity index (χ4n) is 2.49. The first-order valence-corrected chi connectivity index (χ1v) is 6.38. The van der Waals surface area contributed by atoms with E-state index in [-0.39, 0.29) is 29.3 Å². The summed E-state index contributed by atoms with van der Waals surface area (Å²) in [6.45, 7) is 0. The number of hydrogen-bond donors (Lipinski definition) is 1. The van der Waals surface area contributed by atoms with E-state index in [1.165, 1.54) is 17.8 Å². The Morgan fingerprint density at radius 1 is 1.38 bits per heavy atom. The molecular weight excluding hydrogens is 276 g/mol. The number of benzene rings is 1. The van der Waals surface area contributed by atoms with Crippen LogP contribution in [0.3, 0.4) is 0 Å². The lowest BCUT2D eigenvalue weighted by molar-refractivity contribution is -0.149. The maximum Gasteiger partial charge on any atom is 0.338 e. The van der Waals surface area contributed by atoms with Crippen LogP contribution in [0.1, 0.15) is 29.2 Å². The minimum Gasteiger partial charge on any atom is -0.478 e. The molecule has 21 heavy (non-hydrogen) atoms. The van der Waals surface area contributed by atoms with Crippen LogP contribution in [0.25, 0.3) is 11.0 Å². The summed E-state index contributed by atoms with van der Waals surface area (Å²) in [6.07, 6.45) is 0.574. The Kier molecular flexibility index (Phi) is 2.93. The second kappa shape index (κ2) is 4.65. The average Bonchev–Trinajstić information content (AvgIpc) is 2.88. The van der Waals surface area contributed by atoms with Gasteiger partial charge in [0, 0.05) is 13.5 Å². The fraction of sp³-hybridized carbons (Fsp3) is 0.308.